The van der Waals surface area contributed by atoms with Crippen molar-refractivity contribution in [3.63, 3.8) is 0 Å². The second-order valence-electron chi connectivity index (χ2n) is 5.19. The molecule has 0 saturated heterocycles. The molecule has 0 unspecified atom stereocenters. The van der Waals surface area contributed by atoms with Gasteiger partial charge >= 0.3 is 0 Å². The van der Waals surface area contributed by atoms with E-state index in [1.54, 1.807) is 4.68 Å². The van der Waals surface area contributed by atoms with Crippen molar-refractivity contribution < 1.29 is 0 Å². The summed E-state index contributed by atoms with van der Waals surface area (Å²) in [6.07, 6.45) is 5.52. The molecule has 96 valence electrons. The lowest BCUT2D eigenvalue weighted by Gasteiger charge is -2.20. The molecule has 3 nitrogen and oxygen atoms in total. The van der Waals surface area contributed by atoms with Crippen LogP contribution < -0.4 is 5.32 Å². The number of aryl methyl sites for hydroxylation is 2. The summed E-state index contributed by atoms with van der Waals surface area (Å²) in [7, 11) is 1.89. The first-order valence-electron chi connectivity index (χ1n) is 6.51. The number of nitrogens with zero attached hydrogens (tertiary/aromatic N) is 2. The van der Waals surface area contributed by atoms with Crippen molar-refractivity contribution >= 4 is 11.6 Å². The highest BCUT2D eigenvalue weighted by Crippen LogP contribution is 2.28. The van der Waals surface area contributed by atoms with Crippen LogP contribution in [0, 0.1) is 12.8 Å². The van der Waals surface area contributed by atoms with E-state index in [2.05, 4.69) is 17.3 Å². The van der Waals surface area contributed by atoms with Crippen LogP contribution >= 0.6 is 11.6 Å². The zero-order chi connectivity index (χ0) is 12.4. The van der Waals surface area contributed by atoms with Crippen LogP contribution in [0.5, 0.6) is 0 Å². The second kappa shape index (κ2) is 5.40. The Kier molecular flexibility index (Phi) is 4.10. The van der Waals surface area contributed by atoms with Crippen LogP contribution in [-0.2, 0) is 13.6 Å². The van der Waals surface area contributed by atoms with Gasteiger partial charge in [-0.3, -0.25) is 4.68 Å². The molecule has 0 radical (unpaired) electrons. The molecule has 1 aliphatic rings. The molecule has 1 N–H and O–H groups in total. The largest absolute Gasteiger partial charge is 0.310 e. The van der Waals surface area contributed by atoms with E-state index in [1.165, 1.54) is 25.7 Å². The summed E-state index contributed by atoms with van der Waals surface area (Å²) in [6.45, 7) is 5.13. The molecule has 1 aromatic heterocycles. The Morgan fingerprint density at radius 1 is 1.47 bits per heavy atom. The van der Waals surface area contributed by atoms with E-state index in [9.17, 15) is 0 Å². The molecular formula is C13H22ClN3. The van der Waals surface area contributed by atoms with Gasteiger partial charge in [0.25, 0.3) is 0 Å². The molecule has 1 saturated carbocycles. The van der Waals surface area contributed by atoms with Crippen LogP contribution in [0.25, 0.3) is 0 Å². The topological polar surface area (TPSA) is 29.9 Å². The Balaban J connectivity index is 1.92. The van der Waals surface area contributed by atoms with E-state index in [0.717, 1.165) is 28.9 Å². The molecule has 1 heterocycles. The van der Waals surface area contributed by atoms with E-state index in [4.69, 9.17) is 11.6 Å². The van der Waals surface area contributed by atoms with Crippen LogP contribution in [0.1, 0.15) is 43.9 Å². The zero-order valence-corrected chi connectivity index (χ0v) is 11.7. The maximum absolute atomic E-state index is 6.22. The molecule has 0 spiro atoms. The van der Waals surface area contributed by atoms with Crippen molar-refractivity contribution in [2.24, 2.45) is 13.0 Å². The minimum Gasteiger partial charge on any atom is -0.310 e. The lowest BCUT2D eigenvalue weighted by molar-refractivity contribution is 0.380. The molecule has 0 bridgehead atoms. The van der Waals surface area contributed by atoms with Gasteiger partial charge in [-0.1, -0.05) is 24.4 Å². The number of hydrogen-bond donors (Lipinski definition) is 1. The molecule has 1 aliphatic carbocycles. The SMILES string of the molecule is Cc1nn(C)c(Cl)c1CN[C@@H](C)C1CCCC1. The molecule has 0 aliphatic heterocycles. The first-order valence-corrected chi connectivity index (χ1v) is 6.88. The summed E-state index contributed by atoms with van der Waals surface area (Å²) in [5.74, 6) is 0.839. The number of rotatable bonds is 4. The third-order valence-electron chi connectivity index (χ3n) is 3.98. The van der Waals surface area contributed by atoms with Gasteiger partial charge in [-0.05, 0) is 32.6 Å². The van der Waals surface area contributed by atoms with Gasteiger partial charge in [-0.15, -0.1) is 0 Å². The monoisotopic (exact) mass is 255 g/mol. The average Bonchev–Trinajstić information content (AvgIpc) is 2.88. The summed E-state index contributed by atoms with van der Waals surface area (Å²) in [5.41, 5.74) is 2.17. The van der Waals surface area contributed by atoms with Crippen LogP contribution in [0.3, 0.4) is 0 Å². The summed E-state index contributed by atoms with van der Waals surface area (Å²) in [5, 5.41) is 8.69. The molecular weight excluding hydrogens is 234 g/mol. The van der Waals surface area contributed by atoms with Crippen LogP contribution in [0.4, 0.5) is 0 Å². The molecule has 17 heavy (non-hydrogen) atoms. The fourth-order valence-electron chi connectivity index (χ4n) is 2.76. The summed E-state index contributed by atoms with van der Waals surface area (Å²) < 4.78 is 1.74. The number of hydrogen-bond acceptors (Lipinski definition) is 2. The fourth-order valence-corrected chi connectivity index (χ4v) is 3.00. The van der Waals surface area contributed by atoms with Crippen LogP contribution in [-0.4, -0.2) is 15.8 Å². The Hall–Kier alpha value is -0.540. The first-order chi connectivity index (χ1) is 8.09. The van der Waals surface area contributed by atoms with E-state index in [1.807, 2.05) is 14.0 Å². The van der Waals surface area contributed by atoms with Crippen LogP contribution in [0.15, 0.2) is 0 Å². The third kappa shape index (κ3) is 2.83. The molecule has 1 aromatic rings. The highest BCUT2D eigenvalue weighted by atomic mass is 35.5. The van der Waals surface area contributed by atoms with Gasteiger partial charge in [0.15, 0.2) is 0 Å². The molecule has 1 fully saturated rings. The lowest BCUT2D eigenvalue weighted by Crippen LogP contribution is -2.31. The lowest BCUT2D eigenvalue weighted by atomic mass is 10.00. The molecule has 0 amide bonds. The minimum atomic E-state index is 0.577. The number of halogens is 1. The molecule has 4 heteroatoms. The van der Waals surface area contributed by atoms with Crippen molar-refractivity contribution in [1.82, 2.24) is 15.1 Å². The smallest absolute Gasteiger partial charge is 0.131 e. The van der Waals surface area contributed by atoms with E-state index in [0.29, 0.717) is 6.04 Å². The van der Waals surface area contributed by atoms with Crippen molar-refractivity contribution in [1.29, 1.82) is 0 Å². The van der Waals surface area contributed by atoms with Gasteiger partial charge in [-0.2, -0.15) is 5.10 Å². The van der Waals surface area contributed by atoms with Crippen molar-refractivity contribution in [3.8, 4) is 0 Å². The van der Waals surface area contributed by atoms with Gasteiger partial charge < -0.3 is 5.32 Å². The zero-order valence-electron chi connectivity index (χ0n) is 11.0. The minimum absolute atomic E-state index is 0.577. The summed E-state index contributed by atoms with van der Waals surface area (Å²) >= 11 is 6.22. The second-order valence-corrected chi connectivity index (χ2v) is 5.55. The Bertz CT molecular complexity index is 380. The maximum atomic E-state index is 6.22. The van der Waals surface area contributed by atoms with Gasteiger partial charge in [-0.25, -0.2) is 0 Å². The normalized spacial score (nSPS) is 18.8. The van der Waals surface area contributed by atoms with Crippen molar-refractivity contribution in [2.75, 3.05) is 0 Å². The number of aromatic nitrogens is 2. The highest BCUT2D eigenvalue weighted by Gasteiger charge is 2.21. The Morgan fingerprint density at radius 3 is 2.65 bits per heavy atom. The number of nitrogens with one attached hydrogen (secondary N) is 1. The van der Waals surface area contributed by atoms with Gasteiger partial charge in [0, 0.05) is 25.2 Å². The van der Waals surface area contributed by atoms with E-state index < -0.39 is 0 Å². The standard InChI is InChI=1S/C13H22ClN3/c1-9(11-6-4-5-7-11)15-8-12-10(2)16-17(3)13(12)14/h9,11,15H,4-8H2,1-3H3/t9-/m0/s1. The van der Waals surface area contributed by atoms with E-state index in [-0.39, 0.29) is 0 Å². The van der Waals surface area contributed by atoms with Gasteiger partial charge in [0.2, 0.25) is 0 Å². The quantitative estimate of drug-likeness (QED) is 0.896. The maximum Gasteiger partial charge on any atom is 0.131 e. The molecule has 1 atom stereocenters. The van der Waals surface area contributed by atoms with Crippen molar-refractivity contribution in [2.45, 2.75) is 52.1 Å². The van der Waals surface area contributed by atoms with Crippen molar-refractivity contribution in [3.05, 3.63) is 16.4 Å². The van der Waals surface area contributed by atoms with Crippen LogP contribution in [0.2, 0.25) is 5.15 Å². The molecule has 2 rings (SSSR count). The average molecular weight is 256 g/mol. The van der Waals surface area contributed by atoms with Gasteiger partial charge in [0.05, 0.1) is 5.69 Å². The summed E-state index contributed by atoms with van der Waals surface area (Å²) in [6, 6.07) is 0.577. The predicted octanol–water partition coefficient (Wildman–Crippen LogP) is 3.05. The Morgan fingerprint density at radius 2 is 2.12 bits per heavy atom. The first kappa shape index (κ1) is 12.9. The van der Waals surface area contributed by atoms with E-state index >= 15 is 0 Å². The van der Waals surface area contributed by atoms with Gasteiger partial charge in [0.1, 0.15) is 5.15 Å². The molecule has 0 aromatic carbocycles. The fraction of sp³-hybridized carbons (Fsp3) is 0.769. The summed E-state index contributed by atoms with van der Waals surface area (Å²) in [4.78, 5) is 0. The Labute approximate surface area is 109 Å². The third-order valence-corrected chi connectivity index (χ3v) is 4.45. The highest BCUT2D eigenvalue weighted by molar-refractivity contribution is 6.30. The predicted molar refractivity (Wildman–Crippen MR) is 71.2 cm³/mol.